The smallest absolute Gasteiger partial charge is 0.258 e. The molecule has 1 heterocycles. The fraction of sp³-hybridized carbons (Fsp3) is 0.320. The number of allylic oxidation sites excluding steroid dienone is 2. The summed E-state index contributed by atoms with van der Waals surface area (Å²) in [4.78, 5) is 33.1. The molecule has 166 valence electrons. The molecule has 0 aliphatic heterocycles. The van der Waals surface area contributed by atoms with E-state index in [0.717, 1.165) is 5.56 Å². The van der Waals surface area contributed by atoms with Gasteiger partial charge in [0.2, 0.25) is 5.91 Å². The molecule has 0 bridgehead atoms. The number of rotatable bonds is 7. The number of carbonyl (C=O) groups excluding carboxylic acids is 1. The van der Waals surface area contributed by atoms with Gasteiger partial charge >= 0.3 is 0 Å². The first kappa shape index (κ1) is 21.6. The maximum absolute atomic E-state index is 13.0. The van der Waals surface area contributed by atoms with Crippen molar-refractivity contribution in [1.82, 2.24) is 15.3 Å². The summed E-state index contributed by atoms with van der Waals surface area (Å²) < 4.78 is 10.6. The van der Waals surface area contributed by atoms with Crippen molar-refractivity contribution < 1.29 is 14.3 Å². The number of aromatic nitrogens is 2. The number of amides is 1. The number of hydrogen-bond donors (Lipinski definition) is 2. The van der Waals surface area contributed by atoms with Crippen LogP contribution in [0.25, 0.3) is 10.9 Å². The predicted molar refractivity (Wildman–Crippen MR) is 123 cm³/mol. The number of hydrogen-bond acceptors (Lipinski definition) is 5. The lowest BCUT2D eigenvalue weighted by molar-refractivity contribution is -0.125. The summed E-state index contributed by atoms with van der Waals surface area (Å²) in [6.07, 6.45) is 6.02. The fourth-order valence-corrected chi connectivity index (χ4v) is 4.18. The zero-order valence-corrected chi connectivity index (χ0v) is 18.3. The van der Waals surface area contributed by atoms with Gasteiger partial charge in [-0.15, -0.1) is 0 Å². The van der Waals surface area contributed by atoms with E-state index < -0.39 is 0 Å². The van der Waals surface area contributed by atoms with E-state index in [2.05, 4.69) is 15.3 Å². The first-order chi connectivity index (χ1) is 15.6. The minimum absolute atomic E-state index is 0.0318. The summed E-state index contributed by atoms with van der Waals surface area (Å²) in [5.41, 5.74) is 1.52. The van der Waals surface area contributed by atoms with Crippen LogP contribution < -0.4 is 20.3 Å². The van der Waals surface area contributed by atoms with Crippen LogP contribution in [0.4, 0.5) is 0 Å². The zero-order valence-electron chi connectivity index (χ0n) is 18.3. The van der Waals surface area contributed by atoms with E-state index in [1.165, 1.54) is 0 Å². The monoisotopic (exact) mass is 433 g/mol. The number of carbonyl (C=O) groups is 1. The highest BCUT2D eigenvalue weighted by molar-refractivity contribution is 5.80. The number of nitrogens with one attached hydrogen (secondary N) is 2. The highest BCUT2D eigenvalue weighted by Gasteiger charge is 2.31. The van der Waals surface area contributed by atoms with E-state index >= 15 is 0 Å². The molecule has 0 radical (unpaired) electrons. The standard InChI is InChI=1S/C25H27N3O4/c1-31-21-12-11-16(15-22(21)32-2)13-14-26-24(29)18-8-4-3-7-17(18)23-27-20-10-6-5-9-19(20)25(30)28-23/h3-6,9-12,15,17-18H,7-8,13-14H2,1-2H3,(H,26,29)(H,27,28,30)/t17-,18-/m0/s1. The molecule has 0 saturated heterocycles. The van der Waals surface area contributed by atoms with Crippen LogP contribution in [-0.2, 0) is 11.2 Å². The first-order valence-corrected chi connectivity index (χ1v) is 10.7. The zero-order chi connectivity index (χ0) is 22.5. The van der Waals surface area contributed by atoms with Crippen molar-refractivity contribution in [3.8, 4) is 11.5 Å². The minimum atomic E-state index is -0.283. The lowest BCUT2D eigenvalue weighted by atomic mass is 9.81. The van der Waals surface area contributed by atoms with Crippen LogP contribution in [0.15, 0.2) is 59.4 Å². The SMILES string of the molecule is COc1ccc(CCNC(=O)[C@H]2CC=CC[C@@H]2c2nc3ccccc3c(=O)[nH]2)cc1OC. The molecule has 7 heteroatoms. The molecule has 4 rings (SSSR count). The molecule has 7 nitrogen and oxygen atoms in total. The fourth-order valence-electron chi connectivity index (χ4n) is 4.18. The Bertz CT molecular complexity index is 1200. The molecule has 1 aliphatic carbocycles. The van der Waals surface area contributed by atoms with Crippen molar-refractivity contribution in [1.29, 1.82) is 0 Å². The van der Waals surface area contributed by atoms with Crippen molar-refractivity contribution in [3.05, 3.63) is 76.4 Å². The van der Waals surface area contributed by atoms with Gasteiger partial charge in [0.25, 0.3) is 5.56 Å². The third-order valence-electron chi connectivity index (χ3n) is 5.91. The van der Waals surface area contributed by atoms with Gasteiger partial charge in [-0.25, -0.2) is 4.98 Å². The number of fused-ring (bicyclic) bond motifs is 1. The maximum atomic E-state index is 13.0. The molecule has 2 aromatic carbocycles. The van der Waals surface area contributed by atoms with E-state index in [0.29, 0.717) is 54.0 Å². The topological polar surface area (TPSA) is 93.3 Å². The predicted octanol–water partition coefficient (Wildman–Crippen LogP) is 3.35. The molecule has 0 fully saturated rings. The Morgan fingerprint density at radius 2 is 1.88 bits per heavy atom. The second kappa shape index (κ2) is 9.68. The number of H-pyrrole nitrogens is 1. The Morgan fingerprint density at radius 1 is 1.09 bits per heavy atom. The van der Waals surface area contributed by atoms with E-state index in [4.69, 9.17) is 9.47 Å². The highest BCUT2D eigenvalue weighted by Crippen LogP contribution is 2.33. The van der Waals surface area contributed by atoms with E-state index in [1.54, 1.807) is 20.3 Å². The Morgan fingerprint density at radius 3 is 2.69 bits per heavy atom. The van der Waals surface area contributed by atoms with E-state index in [1.807, 2.05) is 48.6 Å². The van der Waals surface area contributed by atoms with Crippen molar-refractivity contribution in [2.45, 2.75) is 25.2 Å². The van der Waals surface area contributed by atoms with Gasteiger partial charge in [0.05, 0.1) is 31.0 Å². The average molecular weight is 434 g/mol. The summed E-state index contributed by atoms with van der Waals surface area (Å²) in [6, 6.07) is 13.0. The highest BCUT2D eigenvalue weighted by atomic mass is 16.5. The molecule has 1 aliphatic rings. The van der Waals surface area contributed by atoms with Crippen LogP contribution in [0.3, 0.4) is 0 Å². The molecule has 2 atom stereocenters. The van der Waals surface area contributed by atoms with Crippen molar-refractivity contribution in [3.63, 3.8) is 0 Å². The molecular weight excluding hydrogens is 406 g/mol. The Kier molecular flexibility index (Phi) is 6.54. The summed E-state index contributed by atoms with van der Waals surface area (Å²) in [7, 11) is 3.20. The lowest BCUT2D eigenvalue weighted by Crippen LogP contribution is -2.37. The third kappa shape index (κ3) is 4.51. The number of para-hydroxylation sites is 1. The third-order valence-corrected chi connectivity index (χ3v) is 5.91. The van der Waals surface area contributed by atoms with Gasteiger partial charge < -0.3 is 19.8 Å². The van der Waals surface area contributed by atoms with Gasteiger partial charge in [-0.2, -0.15) is 0 Å². The number of nitrogens with zero attached hydrogens (tertiary/aromatic N) is 1. The van der Waals surface area contributed by atoms with Crippen LogP contribution in [0.1, 0.15) is 30.1 Å². The van der Waals surface area contributed by atoms with Crippen LogP contribution >= 0.6 is 0 Å². The molecule has 3 aromatic rings. The van der Waals surface area contributed by atoms with Crippen molar-refractivity contribution in [2.75, 3.05) is 20.8 Å². The molecule has 0 unspecified atom stereocenters. The summed E-state index contributed by atoms with van der Waals surface area (Å²) in [6.45, 7) is 0.503. The van der Waals surface area contributed by atoms with Crippen LogP contribution in [-0.4, -0.2) is 36.6 Å². The molecule has 32 heavy (non-hydrogen) atoms. The lowest BCUT2D eigenvalue weighted by Gasteiger charge is -2.27. The van der Waals surface area contributed by atoms with Gasteiger partial charge in [0.1, 0.15) is 5.82 Å². The molecule has 1 amide bonds. The molecular formula is C25H27N3O4. The van der Waals surface area contributed by atoms with Crippen molar-refractivity contribution in [2.24, 2.45) is 5.92 Å². The molecule has 0 saturated carbocycles. The summed E-state index contributed by atoms with van der Waals surface area (Å²) in [5.74, 6) is 1.43. The second-order valence-corrected chi connectivity index (χ2v) is 7.85. The summed E-state index contributed by atoms with van der Waals surface area (Å²) in [5, 5.41) is 3.61. The van der Waals surface area contributed by atoms with Gasteiger partial charge in [-0.05, 0) is 49.1 Å². The average Bonchev–Trinajstić information content (AvgIpc) is 2.83. The Balaban J connectivity index is 1.46. The Labute approximate surface area is 186 Å². The molecule has 2 N–H and O–H groups in total. The largest absolute Gasteiger partial charge is 0.493 e. The maximum Gasteiger partial charge on any atom is 0.258 e. The second-order valence-electron chi connectivity index (χ2n) is 7.85. The number of methoxy groups -OCH3 is 2. The van der Waals surface area contributed by atoms with Crippen LogP contribution in [0, 0.1) is 5.92 Å². The van der Waals surface area contributed by atoms with Gasteiger partial charge in [0, 0.05) is 12.5 Å². The number of benzene rings is 2. The first-order valence-electron chi connectivity index (χ1n) is 10.7. The summed E-state index contributed by atoms with van der Waals surface area (Å²) >= 11 is 0. The van der Waals surface area contributed by atoms with Gasteiger partial charge in [0.15, 0.2) is 11.5 Å². The quantitative estimate of drug-likeness (QED) is 0.558. The van der Waals surface area contributed by atoms with E-state index in [9.17, 15) is 9.59 Å². The van der Waals surface area contributed by atoms with Gasteiger partial charge in [-0.1, -0.05) is 30.4 Å². The number of ether oxygens (including phenoxy) is 2. The van der Waals surface area contributed by atoms with Crippen LogP contribution in [0.2, 0.25) is 0 Å². The van der Waals surface area contributed by atoms with Crippen molar-refractivity contribution >= 4 is 16.8 Å². The van der Waals surface area contributed by atoms with Crippen LogP contribution in [0.5, 0.6) is 11.5 Å². The molecule has 1 aromatic heterocycles. The number of aromatic amines is 1. The Hall–Kier alpha value is -3.61. The normalized spacial score (nSPS) is 17.8. The van der Waals surface area contributed by atoms with Gasteiger partial charge in [-0.3, -0.25) is 9.59 Å². The molecule has 0 spiro atoms. The minimum Gasteiger partial charge on any atom is -0.493 e. The van der Waals surface area contributed by atoms with E-state index in [-0.39, 0.29) is 23.3 Å².